The van der Waals surface area contributed by atoms with Crippen LogP contribution in [0.15, 0.2) is 0 Å². The van der Waals surface area contributed by atoms with Gasteiger partial charge in [-0.1, -0.05) is 0 Å². The molecular weight excluding hydrogens is 198 g/mol. The third-order valence-electron chi connectivity index (χ3n) is 2.27. The Kier molecular flexibility index (Phi) is 6.03. The topological polar surface area (TPSA) is 38.3 Å². The van der Waals surface area contributed by atoms with Crippen LogP contribution in [0.1, 0.15) is 19.8 Å². The fourth-order valence-corrected chi connectivity index (χ4v) is 2.76. The summed E-state index contributed by atoms with van der Waals surface area (Å²) in [6, 6.07) is 0. The number of ether oxygens (including phenoxy) is 1. The molecule has 0 aromatic heterocycles. The second-order valence-corrected chi connectivity index (χ2v) is 4.64. The van der Waals surface area contributed by atoms with Crippen molar-refractivity contribution in [1.29, 1.82) is 0 Å². The summed E-state index contributed by atoms with van der Waals surface area (Å²) >= 11 is 2.02. The number of hydrogen-bond acceptors (Lipinski definition) is 4. The number of carbonyl (C=O) groups excluding carboxylic acids is 1. The minimum absolute atomic E-state index is 0.0965. The first-order valence-electron chi connectivity index (χ1n) is 5.27. The quantitative estimate of drug-likeness (QED) is 0.537. The van der Waals surface area contributed by atoms with Crippen molar-refractivity contribution in [3.05, 3.63) is 0 Å². The highest BCUT2D eigenvalue weighted by atomic mass is 32.2. The Morgan fingerprint density at radius 1 is 1.64 bits per heavy atom. The van der Waals surface area contributed by atoms with Gasteiger partial charge in [-0.15, -0.1) is 0 Å². The minimum Gasteiger partial charge on any atom is -0.466 e. The zero-order valence-electron chi connectivity index (χ0n) is 8.75. The average Bonchev–Trinajstić information content (AvgIpc) is 2.65. The maximum Gasteiger partial charge on any atom is 0.307 e. The lowest BCUT2D eigenvalue weighted by Crippen LogP contribution is -2.25. The van der Waals surface area contributed by atoms with Crippen LogP contribution in [0.2, 0.25) is 0 Å². The van der Waals surface area contributed by atoms with Gasteiger partial charge in [-0.05, 0) is 37.3 Å². The number of esters is 1. The summed E-state index contributed by atoms with van der Waals surface area (Å²) in [6.07, 6.45) is 1.81. The van der Waals surface area contributed by atoms with Crippen LogP contribution in [-0.4, -0.2) is 37.2 Å². The van der Waals surface area contributed by atoms with Crippen molar-refractivity contribution in [3.63, 3.8) is 0 Å². The first kappa shape index (κ1) is 11.9. The Balaban J connectivity index is 1.90. The van der Waals surface area contributed by atoms with E-state index in [1.54, 1.807) is 0 Å². The average molecular weight is 217 g/mol. The summed E-state index contributed by atoms with van der Waals surface area (Å²) in [4.78, 5) is 11.0. The zero-order chi connectivity index (χ0) is 10.2. The third-order valence-corrected chi connectivity index (χ3v) is 3.50. The van der Waals surface area contributed by atoms with Gasteiger partial charge in [0.2, 0.25) is 0 Å². The van der Waals surface area contributed by atoms with Crippen molar-refractivity contribution in [2.24, 2.45) is 5.92 Å². The summed E-state index contributed by atoms with van der Waals surface area (Å²) in [6.45, 7) is 4.12. The molecule has 82 valence electrons. The van der Waals surface area contributed by atoms with Crippen LogP contribution in [-0.2, 0) is 9.53 Å². The molecule has 0 aliphatic carbocycles. The maximum atomic E-state index is 11.0. The number of thioether (sulfide) groups is 1. The Morgan fingerprint density at radius 3 is 3.14 bits per heavy atom. The molecule has 1 aliphatic heterocycles. The van der Waals surface area contributed by atoms with Crippen LogP contribution >= 0.6 is 11.8 Å². The van der Waals surface area contributed by atoms with Gasteiger partial charge in [0.05, 0.1) is 13.0 Å². The van der Waals surface area contributed by atoms with Gasteiger partial charge in [-0.2, -0.15) is 11.8 Å². The van der Waals surface area contributed by atoms with E-state index in [0.717, 1.165) is 19.0 Å². The predicted octanol–water partition coefficient (Wildman–Crippen LogP) is 1.28. The van der Waals surface area contributed by atoms with Crippen LogP contribution in [0.3, 0.4) is 0 Å². The lowest BCUT2D eigenvalue weighted by atomic mass is 10.1. The summed E-state index contributed by atoms with van der Waals surface area (Å²) in [5.74, 6) is 3.28. The molecule has 0 aromatic rings. The summed E-state index contributed by atoms with van der Waals surface area (Å²) in [5, 5.41) is 3.30. The van der Waals surface area contributed by atoms with Crippen molar-refractivity contribution >= 4 is 17.7 Å². The largest absolute Gasteiger partial charge is 0.466 e. The highest BCUT2D eigenvalue weighted by Gasteiger charge is 2.14. The van der Waals surface area contributed by atoms with Crippen molar-refractivity contribution in [3.8, 4) is 0 Å². The number of rotatable bonds is 6. The lowest BCUT2D eigenvalue weighted by Gasteiger charge is -2.09. The van der Waals surface area contributed by atoms with E-state index in [2.05, 4.69) is 5.32 Å². The Hall–Kier alpha value is -0.220. The van der Waals surface area contributed by atoms with Gasteiger partial charge in [0.25, 0.3) is 0 Å². The van der Waals surface area contributed by atoms with Gasteiger partial charge in [-0.3, -0.25) is 4.79 Å². The normalized spacial score (nSPS) is 21.1. The summed E-state index contributed by atoms with van der Waals surface area (Å²) < 4.78 is 4.83. The molecule has 14 heavy (non-hydrogen) atoms. The van der Waals surface area contributed by atoms with Gasteiger partial charge in [0.1, 0.15) is 0 Å². The van der Waals surface area contributed by atoms with E-state index in [1.165, 1.54) is 17.9 Å². The SMILES string of the molecule is CCOC(=O)CCNCC1CCSC1. The molecule has 1 N–H and O–H groups in total. The van der Waals surface area contributed by atoms with Crippen molar-refractivity contribution in [2.45, 2.75) is 19.8 Å². The monoisotopic (exact) mass is 217 g/mol. The maximum absolute atomic E-state index is 11.0. The predicted molar refractivity (Wildman–Crippen MR) is 59.6 cm³/mol. The standard InChI is InChI=1S/C10H19NO2S/c1-2-13-10(12)3-5-11-7-9-4-6-14-8-9/h9,11H,2-8H2,1H3. The van der Waals surface area contributed by atoms with E-state index in [-0.39, 0.29) is 5.97 Å². The van der Waals surface area contributed by atoms with Crippen LogP contribution in [0.25, 0.3) is 0 Å². The molecule has 1 unspecified atom stereocenters. The van der Waals surface area contributed by atoms with Gasteiger partial charge in [0, 0.05) is 6.54 Å². The lowest BCUT2D eigenvalue weighted by molar-refractivity contribution is -0.142. The number of hydrogen-bond donors (Lipinski definition) is 1. The molecule has 0 saturated carbocycles. The van der Waals surface area contributed by atoms with Crippen molar-refractivity contribution in [2.75, 3.05) is 31.2 Å². The molecule has 1 heterocycles. The molecule has 1 rings (SSSR count). The van der Waals surface area contributed by atoms with Crippen LogP contribution in [0, 0.1) is 5.92 Å². The molecule has 0 aromatic carbocycles. The van der Waals surface area contributed by atoms with Gasteiger partial charge >= 0.3 is 5.97 Å². The van der Waals surface area contributed by atoms with E-state index >= 15 is 0 Å². The highest BCUT2D eigenvalue weighted by molar-refractivity contribution is 7.99. The molecule has 1 aliphatic rings. The zero-order valence-corrected chi connectivity index (χ0v) is 9.57. The third kappa shape index (κ3) is 4.86. The van der Waals surface area contributed by atoms with Crippen LogP contribution in [0.5, 0.6) is 0 Å². The molecule has 0 amide bonds. The fourth-order valence-electron chi connectivity index (χ4n) is 1.47. The van der Waals surface area contributed by atoms with Crippen LogP contribution < -0.4 is 5.32 Å². The van der Waals surface area contributed by atoms with Gasteiger partial charge in [0.15, 0.2) is 0 Å². The van der Waals surface area contributed by atoms with Crippen molar-refractivity contribution in [1.82, 2.24) is 5.32 Å². The van der Waals surface area contributed by atoms with E-state index in [0.29, 0.717) is 13.0 Å². The van der Waals surface area contributed by atoms with Gasteiger partial charge < -0.3 is 10.1 Å². The molecule has 3 nitrogen and oxygen atoms in total. The molecule has 1 fully saturated rings. The summed E-state index contributed by atoms with van der Waals surface area (Å²) in [5.41, 5.74) is 0. The van der Waals surface area contributed by atoms with Gasteiger partial charge in [-0.25, -0.2) is 0 Å². The molecule has 1 saturated heterocycles. The number of nitrogens with one attached hydrogen (secondary N) is 1. The summed E-state index contributed by atoms with van der Waals surface area (Å²) in [7, 11) is 0. The van der Waals surface area contributed by atoms with Crippen LogP contribution in [0.4, 0.5) is 0 Å². The molecule has 0 bridgehead atoms. The van der Waals surface area contributed by atoms with Crippen molar-refractivity contribution < 1.29 is 9.53 Å². The first-order valence-corrected chi connectivity index (χ1v) is 6.42. The Morgan fingerprint density at radius 2 is 2.50 bits per heavy atom. The second-order valence-electron chi connectivity index (χ2n) is 3.49. The fraction of sp³-hybridized carbons (Fsp3) is 0.900. The van der Waals surface area contributed by atoms with E-state index in [9.17, 15) is 4.79 Å². The molecule has 4 heteroatoms. The smallest absolute Gasteiger partial charge is 0.307 e. The molecule has 0 spiro atoms. The molecular formula is C10H19NO2S. The minimum atomic E-state index is -0.0965. The van der Waals surface area contributed by atoms with E-state index in [4.69, 9.17) is 4.74 Å². The van der Waals surface area contributed by atoms with E-state index < -0.39 is 0 Å². The molecule has 0 radical (unpaired) electrons. The highest BCUT2D eigenvalue weighted by Crippen LogP contribution is 2.22. The Labute approximate surface area is 90.0 Å². The first-order chi connectivity index (χ1) is 6.83. The van der Waals surface area contributed by atoms with E-state index in [1.807, 2.05) is 18.7 Å². The second kappa shape index (κ2) is 7.12. The molecule has 1 atom stereocenters. The number of carbonyl (C=O) groups is 1. The Bertz CT molecular complexity index is 170.